The van der Waals surface area contributed by atoms with E-state index < -0.39 is 23.3 Å². The maximum absolute atomic E-state index is 12.1. The Hall–Kier alpha value is -2.44. The minimum atomic E-state index is -0.808. The van der Waals surface area contributed by atoms with Crippen molar-refractivity contribution >= 4 is 40.6 Å². The third kappa shape index (κ3) is 3.90. The first-order valence-corrected chi connectivity index (χ1v) is 7.46. The molecule has 0 fully saturated rings. The summed E-state index contributed by atoms with van der Waals surface area (Å²) in [6.07, 6.45) is 0. The lowest BCUT2D eigenvalue weighted by Crippen LogP contribution is -2.15. The molecular formula is C16H11Cl2NO5. The van der Waals surface area contributed by atoms with Gasteiger partial charge in [-0.15, -0.1) is 0 Å². The lowest BCUT2D eigenvalue weighted by molar-refractivity contribution is -0.385. The molecular weight excluding hydrogens is 357 g/mol. The molecule has 0 N–H and O–H groups in total. The summed E-state index contributed by atoms with van der Waals surface area (Å²) in [5.74, 6) is -1.37. The highest BCUT2D eigenvalue weighted by Gasteiger charge is 2.18. The maximum Gasteiger partial charge on any atom is 0.340 e. The smallest absolute Gasteiger partial charge is 0.340 e. The molecule has 0 heterocycles. The number of Topliss-reactive ketones (excluding diaryl/α,β-unsaturated/α-hetero) is 1. The second kappa shape index (κ2) is 7.42. The predicted molar refractivity (Wildman–Crippen MR) is 88.9 cm³/mol. The van der Waals surface area contributed by atoms with Crippen molar-refractivity contribution in [2.75, 3.05) is 6.61 Å². The third-order valence-electron chi connectivity index (χ3n) is 3.23. The van der Waals surface area contributed by atoms with Crippen molar-refractivity contribution in [3.05, 3.63) is 73.2 Å². The second-order valence-corrected chi connectivity index (χ2v) is 5.64. The molecule has 0 atom stereocenters. The summed E-state index contributed by atoms with van der Waals surface area (Å²) in [6, 6.07) is 8.49. The van der Waals surface area contributed by atoms with Crippen molar-refractivity contribution in [2.45, 2.75) is 6.92 Å². The monoisotopic (exact) mass is 367 g/mol. The Kier molecular flexibility index (Phi) is 5.54. The molecule has 0 amide bonds. The van der Waals surface area contributed by atoms with E-state index in [1.165, 1.54) is 30.3 Å². The highest BCUT2D eigenvalue weighted by Crippen LogP contribution is 2.26. The molecule has 0 bridgehead atoms. The molecule has 0 spiro atoms. The van der Waals surface area contributed by atoms with Crippen LogP contribution in [0.5, 0.6) is 0 Å². The number of esters is 1. The van der Waals surface area contributed by atoms with Crippen LogP contribution in [0, 0.1) is 17.0 Å². The zero-order valence-electron chi connectivity index (χ0n) is 12.4. The molecule has 0 aliphatic rings. The van der Waals surface area contributed by atoms with Crippen molar-refractivity contribution < 1.29 is 19.2 Å². The Bertz CT molecular complexity index is 835. The van der Waals surface area contributed by atoms with Crippen LogP contribution in [-0.4, -0.2) is 23.3 Å². The summed E-state index contributed by atoms with van der Waals surface area (Å²) >= 11 is 11.7. The highest BCUT2D eigenvalue weighted by molar-refractivity contribution is 6.43. The molecule has 0 radical (unpaired) electrons. The van der Waals surface area contributed by atoms with Gasteiger partial charge in [0.2, 0.25) is 5.78 Å². The van der Waals surface area contributed by atoms with Crippen LogP contribution in [0.15, 0.2) is 36.4 Å². The van der Waals surface area contributed by atoms with Crippen LogP contribution in [0.2, 0.25) is 10.0 Å². The SMILES string of the molecule is Cc1ccc(C(=O)COC(=O)c2cccc(Cl)c2Cl)cc1[N+](=O)[O-]. The summed E-state index contributed by atoms with van der Waals surface area (Å²) in [7, 11) is 0. The van der Waals surface area contributed by atoms with Crippen LogP contribution >= 0.6 is 23.2 Å². The zero-order chi connectivity index (χ0) is 17.9. The van der Waals surface area contributed by atoms with Crippen LogP contribution < -0.4 is 0 Å². The minimum Gasteiger partial charge on any atom is -0.454 e. The van der Waals surface area contributed by atoms with E-state index in [4.69, 9.17) is 27.9 Å². The number of halogens is 2. The predicted octanol–water partition coefficient (Wildman–Crippen LogP) is 4.25. The normalized spacial score (nSPS) is 10.3. The Labute approximate surface area is 147 Å². The third-order valence-corrected chi connectivity index (χ3v) is 4.05. The quantitative estimate of drug-likeness (QED) is 0.341. The van der Waals surface area contributed by atoms with Gasteiger partial charge in [-0.05, 0) is 19.1 Å². The molecule has 24 heavy (non-hydrogen) atoms. The number of hydrogen-bond acceptors (Lipinski definition) is 5. The van der Waals surface area contributed by atoms with Gasteiger partial charge in [-0.25, -0.2) is 4.79 Å². The number of carbonyl (C=O) groups excluding carboxylic acids is 2. The van der Waals surface area contributed by atoms with E-state index in [-0.39, 0.29) is 26.9 Å². The molecule has 0 aromatic heterocycles. The number of rotatable bonds is 5. The maximum atomic E-state index is 12.1. The van der Waals surface area contributed by atoms with Gasteiger partial charge in [-0.3, -0.25) is 14.9 Å². The van der Waals surface area contributed by atoms with Gasteiger partial charge in [-0.1, -0.05) is 41.4 Å². The summed E-state index contributed by atoms with van der Waals surface area (Å²) in [6.45, 7) is 0.995. The Balaban J connectivity index is 2.11. The van der Waals surface area contributed by atoms with Crippen molar-refractivity contribution in [1.82, 2.24) is 0 Å². The van der Waals surface area contributed by atoms with Crippen molar-refractivity contribution in [3.63, 3.8) is 0 Å². The van der Waals surface area contributed by atoms with E-state index in [1.807, 2.05) is 0 Å². The highest BCUT2D eigenvalue weighted by atomic mass is 35.5. The zero-order valence-corrected chi connectivity index (χ0v) is 13.9. The first kappa shape index (κ1) is 17.9. The molecule has 2 aromatic carbocycles. The van der Waals surface area contributed by atoms with Crippen molar-refractivity contribution in [2.24, 2.45) is 0 Å². The minimum absolute atomic E-state index is 0.0302. The summed E-state index contributed by atoms with van der Waals surface area (Å²) < 4.78 is 4.91. The molecule has 0 aliphatic heterocycles. The molecule has 8 heteroatoms. The molecule has 124 valence electrons. The van der Waals surface area contributed by atoms with E-state index in [1.54, 1.807) is 6.92 Å². The van der Waals surface area contributed by atoms with Crippen LogP contribution in [0.3, 0.4) is 0 Å². The second-order valence-electron chi connectivity index (χ2n) is 4.86. The fraction of sp³-hybridized carbons (Fsp3) is 0.125. The molecule has 0 unspecified atom stereocenters. The molecule has 2 aromatic rings. The fourth-order valence-electron chi connectivity index (χ4n) is 1.93. The topological polar surface area (TPSA) is 86.5 Å². The lowest BCUT2D eigenvalue weighted by Gasteiger charge is -2.07. The van der Waals surface area contributed by atoms with E-state index >= 15 is 0 Å². The summed E-state index contributed by atoms with van der Waals surface area (Å²) in [5.41, 5.74) is 0.369. The summed E-state index contributed by atoms with van der Waals surface area (Å²) in [4.78, 5) is 34.3. The van der Waals surface area contributed by atoms with E-state index in [0.29, 0.717) is 5.56 Å². The van der Waals surface area contributed by atoms with Gasteiger partial charge in [0, 0.05) is 17.2 Å². The number of nitrogens with zero attached hydrogens (tertiary/aromatic N) is 1. The van der Waals surface area contributed by atoms with Gasteiger partial charge < -0.3 is 4.74 Å². The van der Waals surface area contributed by atoms with Crippen molar-refractivity contribution in [1.29, 1.82) is 0 Å². The summed E-state index contributed by atoms with van der Waals surface area (Å²) in [5, 5.41) is 11.1. The average Bonchev–Trinajstić information content (AvgIpc) is 2.55. The standard InChI is InChI=1S/C16H11Cl2NO5/c1-9-5-6-10(7-13(9)19(22)23)14(20)8-24-16(21)11-3-2-4-12(17)15(11)18/h2-7H,8H2,1H3. The number of ether oxygens (including phenoxy) is 1. The van der Waals surface area contributed by atoms with Crippen LogP contribution in [0.1, 0.15) is 26.3 Å². The van der Waals surface area contributed by atoms with Gasteiger partial charge in [0.25, 0.3) is 5.69 Å². The van der Waals surface area contributed by atoms with Gasteiger partial charge in [-0.2, -0.15) is 0 Å². The van der Waals surface area contributed by atoms with Gasteiger partial charge >= 0.3 is 5.97 Å². The first-order chi connectivity index (χ1) is 11.3. The number of nitro benzene ring substituents is 1. The van der Waals surface area contributed by atoms with E-state index in [2.05, 4.69) is 0 Å². The Morgan fingerprint density at radius 1 is 1.21 bits per heavy atom. The average molecular weight is 368 g/mol. The number of aryl methyl sites for hydroxylation is 1. The fourth-order valence-corrected chi connectivity index (χ4v) is 2.31. The van der Waals surface area contributed by atoms with E-state index in [9.17, 15) is 19.7 Å². The lowest BCUT2D eigenvalue weighted by atomic mass is 10.1. The molecule has 2 rings (SSSR count). The number of carbonyl (C=O) groups is 2. The van der Waals surface area contributed by atoms with Gasteiger partial charge in [0.15, 0.2) is 6.61 Å². The van der Waals surface area contributed by atoms with Crippen LogP contribution in [0.4, 0.5) is 5.69 Å². The Morgan fingerprint density at radius 2 is 1.92 bits per heavy atom. The number of nitro groups is 1. The first-order valence-electron chi connectivity index (χ1n) is 6.70. The number of ketones is 1. The molecule has 6 nitrogen and oxygen atoms in total. The largest absolute Gasteiger partial charge is 0.454 e. The molecule has 0 saturated carbocycles. The van der Waals surface area contributed by atoms with Crippen LogP contribution in [-0.2, 0) is 4.74 Å². The van der Waals surface area contributed by atoms with Crippen LogP contribution in [0.25, 0.3) is 0 Å². The van der Waals surface area contributed by atoms with Gasteiger partial charge in [0.1, 0.15) is 0 Å². The van der Waals surface area contributed by atoms with Gasteiger partial charge in [0.05, 0.1) is 20.5 Å². The Morgan fingerprint density at radius 3 is 2.58 bits per heavy atom. The number of benzene rings is 2. The molecule has 0 saturated heterocycles. The van der Waals surface area contributed by atoms with E-state index in [0.717, 1.165) is 6.07 Å². The number of hydrogen-bond donors (Lipinski definition) is 0. The molecule has 0 aliphatic carbocycles. The van der Waals surface area contributed by atoms with Crippen molar-refractivity contribution in [3.8, 4) is 0 Å².